The molecule has 2 rings (SSSR count). The van der Waals surface area contributed by atoms with E-state index in [1.165, 1.54) is 4.31 Å². The molecule has 2 aromatic rings. The van der Waals surface area contributed by atoms with Gasteiger partial charge in [0.25, 0.3) is 0 Å². The fourth-order valence-electron chi connectivity index (χ4n) is 1.82. The topological polar surface area (TPSA) is 37.4 Å². The van der Waals surface area contributed by atoms with E-state index in [1.807, 2.05) is 18.4 Å². The third-order valence-electron chi connectivity index (χ3n) is 3.14. The molecule has 0 amide bonds. The second-order valence-electron chi connectivity index (χ2n) is 4.79. The van der Waals surface area contributed by atoms with E-state index in [-0.39, 0.29) is 5.75 Å². The average Bonchev–Trinajstić information content (AvgIpc) is 2.79. The van der Waals surface area contributed by atoms with Gasteiger partial charge in [-0.1, -0.05) is 29.3 Å². The zero-order chi connectivity index (χ0) is 15.6. The van der Waals surface area contributed by atoms with Gasteiger partial charge < -0.3 is 0 Å². The van der Waals surface area contributed by atoms with Crippen molar-refractivity contribution in [2.75, 3.05) is 7.05 Å². The Morgan fingerprint density at radius 1 is 1.19 bits per heavy atom. The molecule has 1 aromatic carbocycles. The molecule has 21 heavy (non-hydrogen) atoms. The van der Waals surface area contributed by atoms with E-state index in [0.717, 1.165) is 10.4 Å². The van der Waals surface area contributed by atoms with Crippen molar-refractivity contribution in [2.45, 2.75) is 19.2 Å². The second-order valence-corrected chi connectivity index (χ2v) is 8.68. The molecule has 0 aliphatic rings. The zero-order valence-electron chi connectivity index (χ0n) is 11.6. The lowest BCUT2D eigenvalue weighted by Gasteiger charge is -2.17. The second kappa shape index (κ2) is 6.67. The molecule has 7 heteroatoms. The summed E-state index contributed by atoms with van der Waals surface area (Å²) in [4.78, 5) is 1.05. The third kappa shape index (κ3) is 4.20. The van der Waals surface area contributed by atoms with Crippen LogP contribution in [-0.2, 0) is 22.3 Å². The predicted molar refractivity (Wildman–Crippen MR) is 89.6 cm³/mol. The summed E-state index contributed by atoms with van der Waals surface area (Å²) in [5, 5.41) is 2.74. The average molecular weight is 364 g/mol. The van der Waals surface area contributed by atoms with Gasteiger partial charge in [-0.05, 0) is 41.6 Å². The summed E-state index contributed by atoms with van der Waals surface area (Å²) in [5.74, 6) is -0.0924. The maximum absolute atomic E-state index is 12.4. The van der Waals surface area contributed by atoms with Gasteiger partial charge in [0, 0.05) is 18.5 Å². The highest BCUT2D eigenvalue weighted by atomic mass is 35.5. The molecule has 0 unspecified atom stereocenters. The lowest BCUT2D eigenvalue weighted by atomic mass is 10.2. The molecule has 0 N–H and O–H groups in total. The third-order valence-corrected chi connectivity index (χ3v) is 6.67. The summed E-state index contributed by atoms with van der Waals surface area (Å²) in [6.07, 6.45) is 0. The van der Waals surface area contributed by atoms with Gasteiger partial charge in [-0.15, -0.1) is 11.3 Å². The molecule has 1 aromatic heterocycles. The zero-order valence-corrected chi connectivity index (χ0v) is 14.8. The van der Waals surface area contributed by atoms with Crippen LogP contribution in [0.4, 0.5) is 0 Å². The van der Waals surface area contributed by atoms with Crippen molar-refractivity contribution in [3.63, 3.8) is 0 Å². The van der Waals surface area contributed by atoms with Crippen LogP contribution in [0.15, 0.2) is 29.6 Å². The Balaban J connectivity index is 2.13. The highest BCUT2D eigenvalue weighted by Gasteiger charge is 2.20. The minimum atomic E-state index is -3.40. The number of aryl methyl sites for hydroxylation is 1. The summed E-state index contributed by atoms with van der Waals surface area (Å²) in [6, 6.07) is 6.86. The summed E-state index contributed by atoms with van der Waals surface area (Å²) in [7, 11) is -1.81. The number of sulfonamides is 1. The Hall–Kier alpha value is -0.590. The maximum atomic E-state index is 12.4. The molecule has 3 nitrogen and oxygen atoms in total. The minimum absolute atomic E-state index is 0.0924. The van der Waals surface area contributed by atoms with Crippen LogP contribution in [0.25, 0.3) is 0 Å². The molecule has 0 saturated carbocycles. The fraction of sp³-hybridized carbons (Fsp3) is 0.286. The molecule has 0 atom stereocenters. The SMILES string of the molecule is Cc1ccsc1CN(C)S(=O)(=O)Cc1ccc(Cl)c(Cl)c1. The lowest BCUT2D eigenvalue weighted by Crippen LogP contribution is -2.27. The number of rotatable bonds is 5. The lowest BCUT2D eigenvalue weighted by molar-refractivity contribution is 0.468. The number of halogens is 2. The molecular formula is C14H15Cl2NO2S2. The van der Waals surface area contributed by atoms with Gasteiger partial charge in [0.05, 0.1) is 15.8 Å². The van der Waals surface area contributed by atoms with Crippen LogP contribution in [0.2, 0.25) is 10.0 Å². The van der Waals surface area contributed by atoms with Crippen molar-refractivity contribution in [1.82, 2.24) is 4.31 Å². The normalized spacial score (nSPS) is 12.0. The summed E-state index contributed by atoms with van der Waals surface area (Å²) in [6.45, 7) is 2.36. The highest BCUT2D eigenvalue weighted by molar-refractivity contribution is 7.88. The summed E-state index contributed by atoms with van der Waals surface area (Å²) < 4.78 is 26.1. The number of benzene rings is 1. The molecule has 0 bridgehead atoms. The Bertz CT molecular complexity index is 741. The number of hydrogen-bond acceptors (Lipinski definition) is 3. The molecule has 0 fully saturated rings. The number of hydrogen-bond donors (Lipinski definition) is 0. The quantitative estimate of drug-likeness (QED) is 0.792. The first-order valence-electron chi connectivity index (χ1n) is 6.20. The van der Waals surface area contributed by atoms with E-state index in [1.54, 1.807) is 36.6 Å². The Morgan fingerprint density at radius 2 is 1.90 bits per heavy atom. The Kier molecular flexibility index (Phi) is 5.33. The van der Waals surface area contributed by atoms with Crippen LogP contribution in [0.1, 0.15) is 16.0 Å². The van der Waals surface area contributed by atoms with Gasteiger partial charge in [0.15, 0.2) is 0 Å². The molecule has 0 aliphatic carbocycles. The molecule has 0 radical (unpaired) electrons. The smallest absolute Gasteiger partial charge is 0.212 e. The summed E-state index contributed by atoms with van der Waals surface area (Å²) >= 11 is 13.3. The number of nitrogens with zero attached hydrogens (tertiary/aromatic N) is 1. The van der Waals surface area contributed by atoms with Gasteiger partial charge in [-0.3, -0.25) is 0 Å². The molecule has 0 aliphatic heterocycles. The molecule has 114 valence electrons. The minimum Gasteiger partial charge on any atom is -0.212 e. The van der Waals surface area contributed by atoms with Crippen molar-refractivity contribution < 1.29 is 8.42 Å². The molecular weight excluding hydrogens is 349 g/mol. The maximum Gasteiger partial charge on any atom is 0.218 e. The van der Waals surface area contributed by atoms with E-state index >= 15 is 0 Å². The van der Waals surface area contributed by atoms with Gasteiger partial charge in [0.2, 0.25) is 10.0 Å². The largest absolute Gasteiger partial charge is 0.218 e. The Morgan fingerprint density at radius 3 is 2.48 bits per heavy atom. The van der Waals surface area contributed by atoms with E-state index < -0.39 is 10.0 Å². The first-order chi connectivity index (χ1) is 9.79. The van der Waals surface area contributed by atoms with Crippen LogP contribution in [0.3, 0.4) is 0 Å². The highest BCUT2D eigenvalue weighted by Crippen LogP contribution is 2.25. The van der Waals surface area contributed by atoms with E-state index in [4.69, 9.17) is 23.2 Å². The first kappa shape index (κ1) is 16.8. The van der Waals surface area contributed by atoms with Crippen molar-refractivity contribution >= 4 is 44.6 Å². The molecule has 0 saturated heterocycles. The van der Waals surface area contributed by atoms with Gasteiger partial charge in [-0.25, -0.2) is 8.42 Å². The number of thiophene rings is 1. The van der Waals surface area contributed by atoms with Crippen molar-refractivity contribution in [3.8, 4) is 0 Å². The Labute approximate surface area is 139 Å². The monoisotopic (exact) mass is 363 g/mol. The summed E-state index contributed by atoms with van der Waals surface area (Å²) in [5.41, 5.74) is 1.73. The molecule has 1 heterocycles. The van der Waals surface area contributed by atoms with Crippen LogP contribution in [-0.4, -0.2) is 19.8 Å². The van der Waals surface area contributed by atoms with Crippen LogP contribution in [0, 0.1) is 6.92 Å². The fourth-order valence-corrected chi connectivity index (χ4v) is 4.32. The van der Waals surface area contributed by atoms with Crippen LogP contribution in [0.5, 0.6) is 0 Å². The first-order valence-corrected chi connectivity index (χ1v) is 9.45. The van der Waals surface area contributed by atoms with Crippen molar-refractivity contribution in [3.05, 3.63) is 55.7 Å². The van der Waals surface area contributed by atoms with Crippen LogP contribution >= 0.6 is 34.5 Å². The van der Waals surface area contributed by atoms with E-state index in [9.17, 15) is 8.42 Å². The van der Waals surface area contributed by atoms with Crippen LogP contribution < -0.4 is 0 Å². The standard InChI is InChI=1S/C14H15Cl2NO2S2/c1-10-5-6-20-14(10)8-17(2)21(18,19)9-11-3-4-12(15)13(16)7-11/h3-7H,8-9H2,1-2H3. The van der Waals surface area contributed by atoms with Crippen molar-refractivity contribution in [2.24, 2.45) is 0 Å². The van der Waals surface area contributed by atoms with E-state index in [2.05, 4.69) is 0 Å². The van der Waals surface area contributed by atoms with Crippen molar-refractivity contribution in [1.29, 1.82) is 0 Å². The van der Waals surface area contributed by atoms with Gasteiger partial charge in [0.1, 0.15) is 0 Å². The van der Waals surface area contributed by atoms with Gasteiger partial charge in [-0.2, -0.15) is 4.31 Å². The van der Waals surface area contributed by atoms with Gasteiger partial charge >= 0.3 is 0 Å². The predicted octanol–water partition coefficient (Wildman–Crippen LogP) is 4.33. The van der Waals surface area contributed by atoms with E-state index in [0.29, 0.717) is 22.2 Å². The molecule has 0 spiro atoms.